The Bertz CT molecular complexity index is 1270. The number of nitrogens with one attached hydrogen (secondary N) is 1. The summed E-state index contributed by atoms with van der Waals surface area (Å²) in [6, 6.07) is 7.68. The molecule has 0 fully saturated rings. The third kappa shape index (κ3) is 9.82. The minimum atomic E-state index is -4.49. The van der Waals surface area contributed by atoms with Crippen LogP contribution in [0.2, 0.25) is 0 Å². The number of amides is 1. The zero-order chi connectivity index (χ0) is 29.7. The van der Waals surface area contributed by atoms with E-state index in [0.717, 1.165) is 12.1 Å². The van der Waals surface area contributed by atoms with Gasteiger partial charge < -0.3 is 19.5 Å². The number of tetrazole rings is 1. The molecule has 2 aromatic heterocycles. The average molecular weight is 565 g/mol. The highest BCUT2D eigenvalue weighted by atomic mass is 19.4. The summed E-state index contributed by atoms with van der Waals surface area (Å²) in [5.74, 6) is 0.0697. The number of nitrogens with zero attached hydrogens (tertiary/aromatic N) is 5. The standard InChI is InChI=1S/C26H31F3N6O5/c1-24(2,3)39-21(36)13-18(31-23(37)40-25(4,5)6)15-35-33-22(32-34-35)16-7-10-19(11-8-16)38-20-12-9-17(14-30-20)26(27,28)29/h7-12,14,18H,13,15H2,1-6H3,(H,31,37)/t18-/m1/s1. The zero-order valence-electron chi connectivity index (χ0n) is 22.9. The summed E-state index contributed by atoms with van der Waals surface area (Å²) in [7, 11) is 0. The van der Waals surface area contributed by atoms with Crippen molar-refractivity contribution in [2.24, 2.45) is 0 Å². The molecule has 0 aliphatic heterocycles. The van der Waals surface area contributed by atoms with Crippen LogP contribution in [-0.4, -0.2) is 54.5 Å². The number of carbonyl (C=O) groups is 2. The Morgan fingerprint density at radius 2 is 1.60 bits per heavy atom. The summed E-state index contributed by atoms with van der Waals surface area (Å²) in [6.07, 6.45) is -4.66. The van der Waals surface area contributed by atoms with Gasteiger partial charge in [0.1, 0.15) is 17.0 Å². The largest absolute Gasteiger partial charge is 0.460 e. The minimum absolute atomic E-state index is 0.00154. The van der Waals surface area contributed by atoms with E-state index in [2.05, 4.69) is 25.7 Å². The van der Waals surface area contributed by atoms with Crippen LogP contribution < -0.4 is 10.1 Å². The van der Waals surface area contributed by atoms with E-state index in [1.807, 2.05) is 0 Å². The van der Waals surface area contributed by atoms with Crippen molar-refractivity contribution in [3.63, 3.8) is 0 Å². The van der Waals surface area contributed by atoms with Crippen molar-refractivity contribution in [3.05, 3.63) is 48.2 Å². The molecule has 0 radical (unpaired) electrons. The quantitative estimate of drug-likeness (QED) is 0.368. The highest BCUT2D eigenvalue weighted by Gasteiger charge is 2.31. The second-order valence-electron chi connectivity index (χ2n) is 10.8. The number of hydrogen-bond acceptors (Lipinski definition) is 9. The lowest BCUT2D eigenvalue weighted by atomic mass is 10.1. The third-order valence-electron chi connectivity index (χ3n) is 4.79. The molecule has 0 saturated carbocycles. The van der Waals surface area contributed by atoms with E-state index in [1.54, 1.807) is 65.8 Å². The Morgan fingerprint density at radius 1 is 0.950 bits per heavy atom. The van der Waals surface area contributed by atoms with Crippen molar-refractivity contribution in [1.29, 1.82) is 0 Å². The zero-order valence-corrected chi connectivity index (χ0v) is 22.9. The molecule has 0 spiro atoms. The number of halogens is 3. The van der Waals surface area contributed by atoms with Crippen molar-refractivity contribution >= 4 is 12.1 Å². The molecule has 14 heteroatoms. The lowest BCUT2D eigenvalue weighted by Crippen LogP contribution is -2.43. The van der Waals surface area contributed by atoms with Gasteiger partial charge in [0, 0.05) is 17.8 Å². The first-order chi connectivity index (χ1) is 18.5. The van der Waals surface area contributed by atoms with E-state index in [0.29, 0.717) is 17.5 Å². The van der Waals surface area contributed by atoms with Crippen LogP contribution in [-0.2, 0) is 27.0 Å². The number of alkyl carbamates (subject to hydrolysis) is 1. The molecule has 1 amide bonds. The van der Waals surface area contributed by atoms with Crippen LogP contribution >= 0.6 is 0 Å². The molecule has 3 aromatic rings. The van der Waals surface area contributed by atoms with E-state index in [-0.39, 0.29) is 24.7 Å². The van der Waals surface area contributed by atoms with E-state index in [4.69, 9.17) is 14.2 Å². The van der Waals surface area contributed by atoms with E-state index in [9.17, 15) is 22.8 Å². The van der Waals surface area contributed by atoms with Crippen molar-refractivity contribution in [3.8, 4) is 23.0 Å². The van der Waals surface area contributed by atoms with Crippen LogP contribution in [0.3, 0.4) is 0 Å². The summed E-state index contributed by atoms with van der Waals surface area (Å²) in [6.45, 7) is 10.4. The predicted molar refractivity (Wildman–Crippen MR) is 136 cm³/mol. The van der Waals surface area contributed by atoms with Gasteiger partial charge >= 0.3 is 18.2 Å². The van der Waals surface area contributed by atoms with Crippen LogP contribution in [0, 0.1) is 0 Å². The topological polar surface area (TPSA) is 130 Å². The fourth-order valence-corrected chi connectivity index (χ4v) is 3.25. The lowest BCUT2D eigenvalue weighted by molar-refractivity contribution is -0.155. The molecule has 1 aromatic carbocycles. The smallest absolute Gasteiger partial charge is 0.417 e. The number of alkyl halides is 3. The van der Waals surface area contributed by atoms with Crippen LogP contribution in [0.1, 0.15) is 53.5 Å². The van der Waals surface area contributed by atoms with Crippen molar-refractivity contribution in [2.45, 2.75) is 77.9 Å². The van der Waals surface area contributed by atoms with Gasteiger partial charge in [-0.3, -0.25) is 4.79 Å². The Kier molecular flexibility index (Phi) is 9.00. The van der Waals surface area contributed by atoms with Crippen LogP contribution in [0.5, 0.6) is 11.6 Å². The molecule has 2 heterocycles. The molecule has 11 nitrogen and oxygen atoms in total. The third-order valence-corrected chi connectivity index (χ3v) is 4.79. The van der Waals surface area contributed by atoms with Gasteiger partial charge in [-0.1, -0.05) is 0 Å². The number of esters is 1. The molecule has 0 saturated heterocycles. The number of hydrogen-bond donors (Lipinski definition) is 1. The SMILES string of the molecule is CC(C)(C)OC(=O)C[C@H](Cn1nnc(-c2ccc(Oc3ccc(C(F)(F)F)cn3)cc2)n1)NC(=O)OC(C)(C)C. The molecule has 0 unspecified atom stereocenters. The highest BCUT2D eigenvalue weighted by Crippen LogP contribution is 2.30. The Balaban J connectivity index is 1.67. The molecule has 1 atom stereocenters. The summed E-state index contributed by atoms with van der Waals surface area (Å²) >= 11 is 0. The molecule has 0 aliphatic carbocycles. The van der Waals surface area contributed by atoms with Gasteiger partial charge in [-0.2, -0.15) is 18.0 Å². The molecular weight excluding hydrogens is 533 g/mol. The number of carbonyl (C=O) groups excluding carboxylic acids is 2. The fourth-order valence-electron chi connectivity index (χ4n) is 3.25. The highest BCUT2D eigenvalue weighted by molar-refractivity contribution is 5.73. The average Bonchev–Trinajstić information content (AvgIpc) is 3.25. The maximum absolute atomic E-state index is 12.7. The fraction of sp³-hybridized carbons (Fsp3) is 0.462. The van der Waals surface area contributed by atoms with Crippen molar-refractivity contribution in [2.75, 3.05) is 0 Å². The van der Waals surface area contributed by atoms with Gasteiger partial charge in [0.15, 0.2) is 0 Å². The van der Waals surface area contributed by atoms with E-state index >= 15 is 0 Å². The molecule has 40 heavy (non-hydrogen) atoms. The summed E-state index contributed by atoms with van der Waals surface area (Å²) in [5.41, 5.74) is -1.75. The molecule has 1 N–H and O–H groups in total. The lowest BCUT2D eigenvalue weighted by Gasteiger charge is -2.24. The number of aromatic nitrogens is 5. The van der Waals surface area contributed by atoms with Gasteiger partial charge in [-0.25, -0.2) is 9.78 Å². The van der Waals surface area contributed by atoms with Gasteiger partial charge in [0.25, 0.3) is 0 Å². The van der Waals surface area contributed by atoms with Gasteiger partial charge in [0.05, 0.1) is 24.6 Å². The van der Waals surface area contributed by atoms with Crippen LogP contribution in [0.15, 0.2) is 42.6 Å². The number of rotatable bonds is 8. The molecule has 216 valence electrons. The normalized spacial score (nSPS) is 12.9. The molecule has 0 aliphatic rings. The molecule has 3 rings (SSSR count). The van der Waals surface area contributed by atoms with Crippen LogP contribution in [0.4, 0.5) is 18.0 Å². The second-order valence-corrected chi connectivity index (χ2v) is 10.8. The maximum atomic E-state index is 12.7. The summed E-state index contributed by atoms with van der Waals surface area (Å²) < 4.78 is 54.3. The van der Waals surface area contributed by atoms with Crippen LogP contribution in [0.25, 0.3) is 11.4 Å². The summed E-state index contributed by atoms with van der Waals surface area (Å²) in [4.78, 5) is 29.7. The van der Waals surface area contributed by atoms with E-state index < -0.39 is 41.0 Å². The predicted octanol–water partition coefficient (Wildman–Crippen LogP) is 5.17. The van der Waals surface area contributed by atoms with Crippen molar-refractivity contribution < 1.29 is 37.0 Å². The second kappa shape index (κ2) is 11.9. The van der Waals surface area contributed by atoms with Gasteiger partial charge in [-0.15, -0.1) is 10.2 Å². The Hall–Kier alpha value is -4.23. The summed E-state index contributed by atoms with van der Waals surface area (Å²) in [5, 5.41) is 15.0. The Morgan fingerprint density at radius 3 is 2.15 bits per heavy atom. The first-order valence-electron chi connectivity index (χ1n) is 12.3. The first kappa shape index (κ1) is 30.3. The maximum Gasteiger partial charge on any atom is 0.417 e. The minimum Gasteiger partial charge on any atom is -0.460 e. The van der Waals surface area contributed by atoms with Gasteiger partial charge in [0.2, 0.25) is 11.7 Å². The van der Waals surface area contributed by atoms with Gasteiger partial charge in [-0.05, 0) is 77.1 Å². The molecule has 0 bridgehead atoms. The number of ether oxygens (including phenoxy) is 3. The van der Waals surface area contributed by atoms with E-state index in [1.165, 1.54) is 4.80 Å². The van der Waals surface area contributed by atoms with Crippen molar-refractivity contribution in [1.82, 2.24) is 30.5 Å². The molecular formula is C26H31F3N6O5. The first-order valence-corrected chi connectivity index (χ1v) is 12.3. The monoisotopic (exact) mass is 564 g/mol. The number of benzene rings is 1. The number of pyridine rings is 1. The Labute approximate surface area is 229 Å².